The van der Waals surface area contributed by atoms with Crippen molar-refractivity contribution < 1.29 is 4.79 Å². The zero-order chi connectivity index (χ0) is 16.8. The first-order valence-electron chi connectivity index (χ1n) is 7.33. The second-order valence-corrected chi connectivity index (χ2v) is 5.93. The molecule has 0 bridgehead atoms. The molecule has 23 heavy (non-hydrogen) atoms. The van der Waals surface area contributed by atoms with Gasteiger partial charge in [-0.1, -0.05) is 37.6 Å². The summed E-state index contributed by atoms with van der Waals surface area (Å²) in [5.74, 6) is -0.0543. The van der Waals surface area contributed by atoms with Gasteiger partial charge in [0, 0.05) is 23.2 Å². The molecule has 0 heterocycles. The van der Waals surface area contributed by atoms with Crippen LogP contribution in [0.1, 0.15) is 25.0 Å². The van der Waals surface area contributed by atoms with E-state index in [2.05, 4.69) is 16.7 Å². The average Bonchev–Trinajstić information content (AvgIpc) is 2.54. The molecule has 0 aromatic heterocycles. The first kappa shape index (κ1) is 16.9. The van der Waals surface area contributed by atoms with Crippen molar-refractivity contribution in [3.05, 3.63) is 58.6 Å². The Hall–Kier alpha value is -2.51. The summed E-state index contributed by atoms with van der Waals surface area (Å²) in [7, 11) is 0. The average molecular weight is 328 g/mol. The van der Waals surface area contributed by atoms with Crippen LogP contribution in [0.25, 0.3) is 0 Å². The van der Waals surface area contributed by atoms with E-state index >= 15 is 0 Å². The van der Waals surface area contributed by atoms with Gasteiger partial charge in [-0.3, -0.25) is 4.79 Å². The highest BCUT2D eigenvalue weighted by atomic mass is 35.5. The lowest BCUT2D eigenvalue weighted by Gasteiger charge is -2.10. The first-order valence-corrected chi connectivity index (χ1v) is 7.70. The van der Waals surface area contributed by atoms with E-state index in [9.17, 15) is 4.79 Å². The van der Waals surface area contributed by atoms with Gasteiger partial charge in [0.05, 0.1) is 11.3 Å². The number of amides is 1. The Morgan fingerprint density at radius 3 is 2.52 bits per heavy atom. The van der Waals surface area contributed by atoms with Crippen LogP contribution >= 0.6 is 11.6 Å². The molecule has 1 amide bonds. The van der Waals surface area contributed by atoms with Crippen LogP contribution in [0.4, 0.5) is 11.4 Å². The third-order valence-corrected chi connectivity index (χ3v) is 3.57. The molecule has 2 aromatic carbocycles. The van der Waals surface area contributed by atoms with Gasteiger partial charge in [-0.2, -0.15) is 5.26 Å². The number of halogens is 1. The van der Waals surface area contributed by atoms with E-state index in [1.54, 1.807) is 18.2 Å². The number of hydrogen-bond acceptors (Lipinski definition) is 3. The molecule has 0 radical (unpaired) electrons. The quantitative estimate of drug-likeness (QED) is 0.854. The van der Waals surface area contributed by atoms with Crippen molar-refractivity contribution in [2.75, 3.05) is 10.6 Å². The van der Waals surface area contributed by atoms with E-state index in [1.165, 1.54) is 0 Å². The van der Waals surface area contributed by atoms with Crippen LogP contribution in [-0.4, -0.2) is 5.91 Å². The summed E-state index contributed by atoms with van der Waals surface area (Å²) in [5.41, 5.74) is 3.08. The topological polar surface area (TPSA) is 64.9 Å². The zero-order valence-electron chi connectivity index (χ0n) is 13.1. The molecule has 0 aliphatic rings. The lowest BCUT2D eigenvalue weighted by molar-refractivity contribution is -0.118. The minimum atomic E-state index is -0.0503. The Bertz CT molecular complexity index is 733. The number of rotatable bonds is 5. The Labute approximate surface area is 141 Å². The summed E-state index contributed by atoms with van der Waals surface area (Å²) in [5, 5.41) is 15.7. The van der Waals surface area contributed by atoms with Crippen LogP contribution < -0.4 is 10.6 Å². The molecule has 0 aliphatic carbocycles. The van der Waals surface area contributed by atoms with Crippen molar-refractivity contribution in [3.63, 3.8) is 0 Å². The van der Waals surface area contributed by atoms with Gasteiger partial charge in [-0.25, -0.2) is 0 Å². The predicted molar refractivity (Wildman–Crippen MR) is 93.4 cm³/mol. The molecule has 0 aliphatic heterocycles. The highest BCUT2D eigenvalue weighted by Crippen LogP contribution is 2.21. The van der Waals surface area contributed by atoms with Crippen molar-refractivity contribution in [1.82, 2.24) is 0 Å². The number of carbonyl (C=O) groups is 1. The van der Waals surface area contributed by atoms with Gasteiger partial charge in [0.2, 0.25) is 5.91 Å². The van der Waals surface area contributed by atoms with Gasteiger partial charge in [0.15, 0.2) is 0 Å². The third-order valence-electron chi connectivity index (χ3n) is 3.33. The normalized spacial score (nSPS) is 10.2. The van der Waals surface area contributed by atoms with E-state index in [4.69, 9.17) is 16.9 Å². The van der Waals surface area contributed by atoms with Crippen molar-refractivity contribution in [2.24, 2.45) is 5.92 Å². The van der Waals surface area contributed by atoms with Gasteiger partial charge in [-0.05, 0) is 35.9 Å². The van der Waals surface area contributed by atoms with Gasteiger partial charge in [0.1, 0.15) is 6.07 Å². The van der Waals surface area contributed by atoms with E-state index in [1.807, 2.05) is 38.1 Å². The molecule has 2 rings (SSSR count). The molecule has 4 nitrogen and oxygen atoms in total. The molecule has 0 atom stereocenters. The maximum Gasteiger partial charge on any atom is 0.226 e. The van der Waals surface area contributed by atoms with Gasteiger partial charge < -0.3 is 10.6 Å². The lowest BCUT2D eigenvalue weighted by Crippen LogP contribution is -2.17. The number of anilines is 2. The van der Waals surface area contributed by atoms with E-state index < -0.39 is 0 Å². The van der Waals surface area contributed by atoms with Crippen LogP contribution in [0.15, 0.2) is 42.5 Å². The molecular weight excluding hydrogens is 310 g/mol. The smallest absolute Gasteiger partial charge is 0.226 e. The Morgan fingerprint density at radius 1 is 1.22 bits per heavy atom. The van der Waals surface area contributed by atoms with E-state index in [0.29, 0.717) is 17.1 Å². The van der Waals surface area contributed by atoms with Gasteiger partial charge in [-0.15, -0.1) is 0 Å². The summed E-state index contributed by atoms with van der Waals surface area (Å²) in [6, 6.07) is 14.9. The summed E-state index contributed by atoms with van der Waals surface area (Å²) in [4.78, 5) is 11.6. The van der Waals surface area contributed by atoms with Gasteiger partial charge in [0.25, 0.3) is 0 Å². The van der Waals surface area contributed by atoms with Crippen molar-refractivity contribution >= 4 is 28.9 Å². The minimum absolute atomic E-state index is 0.00398. The highest BCUT2D eigenvalue weighted by molar-refractivity contribution is 6.30. The maximum atomic E-state index is 11.6. The first-order chi connectivity index (χ1) is 11.0. The predicted octanol–water partition coefficient (Wildman–Crippen LogP) is 4.42. The maximum absolute atomic E-state index is 11.6. The van der Waals surface area contributed by atoms with Crippen LogP contribution in [0.5, 0.6) is 0 Å². The van der Waals surface area contributed by atoms with E-state index in [-0.39, 0.29) is 11.8 Å². The molecule has 0 saturated heterocycles. The van der Waals surface area contributed by atoms with Crippen molar-refractivity contribution in [3.8, 4) is 6.07 Å². The molecule has 118 valence electrons. The van der Waals surface area contributed by atoms with Crippen LogP contribution in [0.3, 0.4) is 0 Å². The number of benzene rings is 2. The standard InChI is InChI=1S/C18H18ClN3O/c1-12(2)18(23)22-16-6-3-13(4-7-16)11-21-17-8-5-15(19)9-14(17)10-20/h3-9,12,21H,11H2,1-2H3,(H,22,23). The third kappa shape index (κ3) is 4.73. The fourth-order valence-corrected chi connectivity index (χ4v) is 2.13. The van der Waals surface area contributed by atoms with E-state index in [0.717, 1.165) is 16.9 Å². The number of nitriles is 1. The fraction of sp³-hybridized carbons (Fsp3) is 0.222. The number of nitrogens with zero attached hydrogens (tertiary/aromatic N) is 1. The molecule has 2 aromatic rings. The van der Waals surface area contributed by atoms with Crippen molar-refractivity contribution in [1.29, 1.82) is 5.26 Å². The Balaban J connectivity index is 1.99. The monoisotopic (exact) mass is 327 g/mol. The number of carbonyl (C=O) groups excluding carboxylic acids is 1. The van der Waals surface area contributed by atoms with Crippen LogP contribution in [0, 0.1) is 17.2 Å². The molecule has 0 fully saturated rings. The summed E-state index contributed by atoms with van der Waals surface area (Å²) in [6.45, 7) is 4.29. The Morgan fingerprint density at radius 2 is 1.91 bits per heavy atom. The molecular formula is C18H18ClN3O. The molecule has 0 spiro atoms. The molecule has 5 heteroatoms. The lowest BCUT2D eigenvalue weighted by atomic mass is 10.1. The molecule has 2 N–H and O–H groups in total. The highest BCUT2D eigenvalue weighted by Gasteiger charge is 2.07. The molecule has 0 unspecified atom stereocenters. The second kappa shape index (κ2) is 7.66. The summed E-state index contributed by atoms with van der Waals surface area (Å²) < 4.78 is 0. The van der Waals surface area contributed by atoms with Gasteiger partial charge >= 0.3 is 0 Å². The molecule has 0 saturated carbocycles. The Kier molecular flexibility index (Phi) is 5.61. The fourth-order valence-electron chi connectivity index (χ4n) is 1.95. The van der Waals surface area contributed by atoms with Crippen LogP contribution in [0.2, 0.25) is 5.02 Å². The van der Waals surface area contributed by atoms with Crippen LogP contribution in [-0.2, 0) is 11.3 Å². The van der Waals surface area contributed by atoms with Crippen molar-refractivity contribution in [2.45, 2.75) is 20.4 Å². The SMILES string of the molecule is CC(C)C(=O)Nc1ccc(CNc2ccc(Cl)cc2C#N)cc1. The largest absolute Gasteiger partial charge is 0.380 e. The second-order valence-electron chi connectivity index (χ2n) is 5.50. The summed E-state index contributed by atoms with van der Waals surface area (Å²) in [6.07, 6.45) is 0. The zero-order valence-corrected chi connectivity index (χ0v) is 13.8. The number of hydrogen-bond donors (Lipinski definition) is 2. The minimum Gasteiger partial charge on any atom is -0.380 e. The summed E-state index contributed by atoms with van der Waals surface area (Å²) >= 11 is 5.88. The number of nitrogens with one attached hydrogen (secondary N) is 2.